The van der Waals surface area contributed by atoms with Crippen LogP contribution in [-0.4, -0.2) is 19.5 Å². The molecular weight excluding hydrogens is 80.0 g/mol. The highest BCUT2D eigenvalue weighted by Gasteiger charge is 1.53. The van der Waals surface area contributed by atoms with Gasteiger partial charge in [-0.05, 0) is 0 Å². The first-order valence-electron chi connectivity index (χ1n) is 1.47. The Balaban J connectivity index is 2.94. The van der Waals surface area contributed by atoms with Crippen LogP contribution in [0.5, 0.6) is 0 Å². The number of nitrogens with one attached hydrogen (secondary N) is 1. The fourth-order valence-electron chi connectivity index (χ4n) is 0.0913. The SMILES string of the molecule is CO/N=C\C=N. The molecule has 3 heteroatoms. The molecule has 0 aromatic carbocycles. The second-order valence-corrected chi connectivity index (χ2v) is 0.604. The quantitative estimate of drug-likeness (QED) is 0.380. The van der Waals surface area contributed by atoms with Gasteiger partial charge in [-0.3, -0.25) is 0 Å². The Kier molecular flexibility index (Phi) is 3.55. The first kappa shape index (κ1) is 5.14. The van der Waals surface area contributed by atoms with Crippen LogP contribution >= 0.6 is 0 Å². The maximum Gasteiger partial charge on any atom is 0.106 e. The Bertz CT molecular complexity index is 59.8. The zero-order valence-electron chi connectivity index (χ0n) is 3.51. The summed E-state index contributed by atoms with van der Waals surface area (Å²) >= 11 is 0. The molecule has 0 aliphatic heterocycles. The highest BCUT2D eigenvalue weighted by Crippen LogP contribution is 1.56. The minimum absolute atomic E-state index is 1.05. The van der Waals surface area contributed by atoms with E-state index in [9.17, 15) is 0 Å². The molecule has 0 aromatic heterocycles. The van der Waals surface area contributed by atoms with Gasteiger partial charge in [0.25, 0.3) is 0 Å². The molecule has 0 spiro atoms. The van der Waals surface area contributed by atoms with Crippen LogP contribution in [0.2, 0.25) is 0 Å². The van der Waals surface area contributed by atoms with Crippen molar-refractivity contribution in [2.45, 2.75) is 0 Å². The van der Waals surface area contributed by atoms with Gasteiger partial charge >= 0.3 is 0 Å². The van der Waals surface area contributed by atoms with E-state index in [0.29, 0.717) is 0 Å². The van der Waals surface area contributed by atoms with Crippen LogP contribution in [0.4, 0.5) is 0 Å². The maximum absolute atomic E-state index is 6.35. The zero-order chi connectivity index (χ0) is 4.83. The summed E-state index contributed by atoms with van der Waals surface area (Å²) in [6.07, 6.45) is 2.30. The molecule has 0 bridgehead atoms. The van der Waals surface area contributed by atoms with Crippen molar-refractivity contribution in [2.24, 2.45) is 5.16 Å². The van der Waals surface area contributed by atoms with Crippen molar-refractivity contribution in [3.63, 3.8) is 0 Å². The van der Waals surface area contributed by atoms with Gasteiger partial charge in [-0.2, -0.15) is 0 Å². The van der Waals surface area contributed by atoms with Crippen LogP contribution < -0.4 is 0 Å². The van der Waals surface area contributed by atoms with Gasteiger partial charge in [0, 0.05) is 6.21 Å². The van der Waals surface area contributed by atoms with Gasteiger partial charge in [-0.1, -0.05) is 5.16 Å². The van der Waals surface area contributed by atoms with Crippen molar-refractivity contribution in [2.75, 3.05) is 7.11 Å². The molecule has 0 amide bonds. The molecule has 34 valence electrons. The Hall–Kier alpha value is -0.860. The van der Waals surface area contributed by atoms with Crippen molar-refractivity contribution in [1.29, 1.82) is 5.41 Å². The molecule has 0 aliphatic rings. The lowest BCUT2D eigenvalue weighted by atomic mass is 10.8. The first-order valence-corrected chi connectivity index (χ1v) is 1.47. The molecule has 0 heterocycles. The van der Waals surface area contributed by atoms with E-state index in [1.807, 2.05) is 0 Å². The van der Waals surface area contributed by atoms with Crippen molar-refractivity contribution in [3.8, 4) is 0 Å². The third-order valence-electron chi connectivity index (χ3n) is 0.241. The van der Waals surface area contributed by atoms with E-state index in [1.54, 1.807) is 0 Å². The molecule has 0 saturated heterocycles. The smallest absolute Gasteiger partial charge is 0.106 e. The molecule has 1 N–H and O–H groups in total. The maximum atomic E-state index is 6.35. The summed E-state index contributed by atoms with van der Waals surface area (Å²) < 4.78 is 0. The van der Waals surface area contributed by atoms with Gasteiger partial charge in [-0.15, -0.1) is 0 Å². The lowest BCUT2D eigenvalue weighted by Gasteiger charge is -1.75. The minimum atomic E-state index is 1.05. The van der Waals surface area contributed by atoms with Crippen LogP contribution in [0.25, 0.3) is 0 Å². The van der Waals surface area contributed by atoms with Crippen molar-refractivity contribution >= 4 is 12.4 Å². The number of hydrogen-bond acceptors (Lipinski definition) is 3. The van der Waals surface area contributed by atoms with Gasteiger partial charge in [0.1, 0.15) is 7.11 Å². The average Bonchev–Trinajstić information content (AvgIpc) is 1.61. The van der Waals surface area contributed by atoms with Crippen molar-refractivity contribution in [1.82, 2.24) is 0 Å². The minimum Gasteiger partial charge on any atom is -0.399 e. The molecule has 0 fully saturated rings. The van der Waals surface area contributed by atoms with Crippen LogP contribution in [0.15, 0.2) is 5.16 Å². The van der Waals surface area contributed by atoms with Crippen molar-refractivity contribution in [3.05, 3.63) is 0 Å². The van der Waals surface area contributed by atoms with Crippen LogP contribution in [-0.2, 0) is 4.84 Å². The molecule has 0 rings (SSSR count). The second-order valence-electron chi connectivity index (χ2n) is 0.604. The Morgan fingerprint density at radius 3 is 2.67 bits per heavy atom. The van der Waals surface area contributed by atoms with Crippen LogP contribution in [0.1, 0.15) is 0 Å². The Morgan fingerprint density at radius 1 is 1.83 bits per heavy atom. The van der Waals surface area contributed by atoms with E-state index in [1.165, 1.54) is 13.3 Å². The monoisotopic (exact) mass is 86.0 g/mol. The summed E-state index contributed by atoms with van der Waals surface area (Å²) in [6, 6.07) is 0. The molecule has 0 radical (unpaired) electrons. The van der Waals surface area contributed by atoms with Gasteiger partial charge in [-0.25, -0.2) is 0 Å². The summed E-state index contributed by atoms with van der Waals surface area (Å²) in [5.41, 5.74) is 0. The number of rotatable bonds is 2. The summed E-state index contributed by atoms with van der Waals surface area (Å²) in [7, 11) is 1.43. The molecule has 0 aromatic rings. The third kappa shape index (κ3) is 3.14. The zero-order valence-corrected chi connectivity index (χ0v) is 3.51. The molecule has 3 nitrogen and oxygen atoms in total. The van der Waals surface area contributed by atoms with Crippen molar-refractivity contribution < 1.29 is 4.84 Å². The second kappa shape index (κ2) is 4.14. The van der Waals surface area contributed by atoms with Gasteiger partial charge in [0.15, 0.2) is 0 Å². The molecule has 0 aliphatic carbocycles. The summed E-state index contributed by atoms with van der Waals surface area (Å²) in [5.74, 6) is 0. The summed E-state index contributed by atoms with van der Waals surface area (Å²) in [6.45, 7) is 0. The fraction of sp³-hybridized carbons (Fsp3) is 0.333. The van der Waals surface area contributed by atoms with E-state index in [4.69, 9.17) is 5.41 Å². The molecule has 6 heavy (non-hydrogen) atoms. The number of nitrogens with zero attached hydrogens (tertiary/aromatic N) is 1. The Morgan fingerprint density at radius 2 is 2.50 bits per heavy atom. The van der Waals surface area contributed by atoms with Gasteiger partial charge in [0.05, 0.1) is 6.21 Å². The van der Waals surface area contributed by atoms with Gasteiger partial charge < -0.3 is 10.2 Å². The van der Waals surface area contributed by atoms with Crippen LogP contribution in [0, 0.1) is 5.41 Å². The topological polar surface area (TPSA) is 45.4 Å². The predicted octanol–water partition coefficient (Wildman–Crippen LogP) is 0.268. The molecule has 0 saturated carbocycles. The fourth-order valence-corrected chi connectivity index (χ4v) is 0.0913. The Labute approximate surface area is 36.1 Å². The number of oxime groups is 1. The van der Waals surface area contributed by atoms with E-state index >= 15 is 0 Å². The lowest BCUT2D eigenvalue weighted by molar-refractivity contribution is 0.216. The predicted molar refractivity (Wildman–Crippen MR) is 24.3 cm³/mol. The third-order valence-corrected chi connectivity index (χ3v) is 0.241. The highest BCUT2D eigenvalue weighted by atomic mass is 16.6. The average molecular weight is 86.1 g/mol. The van der Waals surface area contributed by atoms with E-state index in [2.05, 4.69) is 9.99 Å². The van der Waals surface area contributed by atoms with E-state index in [-0.39, 0.29) is 0 Å². The first-order chi connectivity index (χ1) is 2.91. The van der Waals surface area contributed by atoms with E-state index in [0.717, 1.165) is 6.21 Å². The highest BCUT2D eigenvalue weighted by molar-refractivity contribution is 6.14. The molecular formula is C3H6N2O. The number of hydrogen-bond donors (Lipinski definition) is 1. The van der Waals surface area contributed by atoms with Gasteiger partial charge in [0.2, 0.25) is 0 Å². The standard InChI is InChI=1S/C3H6N2O/c1-6-5-3-2-4/h2-4H,1H3/b4-2?,5-3-. The lowest BCUT2D eigenvalue weighted by Crippen LogP contribution is -1.71. The summed E-state index contributed by atoms with van der Waals surface area (Å²) in [4.78, 5) is 4.20. The molecule has 0 atom stereocenters. The van der Waals surface area contributed by atoms with Crippen LogP contribution in [0.3, 0.4) is 0 Å². The van der Waals surface area contributed by atoms with E-state index < -0.39 is 0 Å². The molecule has 0 unspecified atom stereocenters. The summed E-state index contributed by atoms with van der Waals surface area (Å²) in [5, 5.41) is 9.57. The normalized spacial score (nSPS) is 8.83. The largest absolute Gasteiger partial charge is 0.399 e.